The molecule has 0 saturated carbocycles. The normalized spacial score (nSPS) is 17.1. The van der Waals surface area contributed by atoms with Gasteiger partial charge in [0.15, 0.2) is 6.61 Å². The van der Waals surface area contributed by atoms with Crippen molar-refractivity contribution in [1.82, 2.24) is 4.90 Å². The van der Waals surface area contributed by atoms with Crippen LogP contribution in [0.25, 0.3) is 0 Å². The van der Waals surface area contributed by atoms with Crippen LogP contribution in [0.15, 0.2) is 48.5 Å². The number of rotatable bonds is 6. The molecule has 0 bridgehead atoms. The standard InChI is InChI=1S/C22H23ClN2O4/c1-14-10-18(23)8-9-19(14)24-20(26)13-29-22(28)17-11-21(27)25(12-17)15(2)16-6-4-3-5-7-16/h3-10,15,17H,11-13H2,1-2H3,(H,24,26)/t15-,17+/m1/s1. The maximum atomic E-state index is 12.4. The molecule has 0 radical (unpaired) electrons. The van der Waals surface area contributed by atoms with Crippen LogP contribution >= 0.6 is 11.6 Å². The fourth-order valence-electron chi connectivity index (χ4n) is 3.38. The van der Waals surface area contributed by atoms with Gasteiger partial charge in [-0.2, -0.15) is 0 Å². The molecular formula is C22H23ClN2O4. The van der Waals surface area contributed by atoms with E-state index in [-0.39, 0.29) is 24.9 Å². The van der Waals surface area contributed by atoms with E-state index in [1.165, 1.54) is 0 Å². The first-order valence-corrected chi connectivity index (χ1v) is 9.80. The summed E-state index contributed by atoms with van der Waals surface area (Å²) in [7, 11) is 0. The van der Waals surface area contributed by atoms with E-state index in [2.05, 4.69) is 5.32 Å². The van der Waals surface area contributed by atoms with Gasteiger partial charge in [0.25, 0.3) is 5.91 Å². The van der Waals surface area contributed by atoms with Crippen molar-refractivity contribution in [3.05, 3.63) is 64.7 Å². The van der Waals surface area contributed by atoms with Crippen molar-refractivity contribution >= 4 is 35.1 Å². The van der Waals surface area contributed by atoms with Crippen LogP contribution in [-0.2, 0) is 19.1 Å². The van der Waals surface area contributed by atoms with Crippen molar-refractivity contribution in [3.63, 3.8) is 0 Å². The summed E-state index contributed by atoms with van der Waals surface area (Å²) in [6.45, 7) is 3.63. The highest BCUT2D eigenvalue weighted by molar-refractivity contribution is 6.30. The molecule has 1 heterocycles. The smallest absolute Gasteiger partial charge is 0.311 e. The van der Waals surface area contributed by atoms with E-state index in [1.807, 2.05) is 44.2 Å². The van der Waals surface area contributed by atoms with Crippen molar-refractivity contribution < 1.29 is 19.1 Å². The first-order valence-electron chi connectivity index (χ1n) is 9.42. The zero-order valence-electron chi connectivity index (χ0n) is 16.4. The van der Waals surface area contributed by atoms with Crippen LogP contribution in [0.3, 0.4) is 0 Å². The van der Waals surface area contributed by atoms with E-state index >= 15 is 0 Å². The predicted octanol–water partition coefficient (Wildman–Crippen LogP) is 3.74. The molecule has 0 unspecified atom stereocenters. The van der Waals surface area contributed by atoms with Gasteiger partial charge in [0.1, 0.15) is 0 Å². The maximum Gasteiger partial charge on any atom is 0.311 e. The van der Waals surface area contributed by atoms with Gasteiger partial charge in [-0.15, -0.1) is 0 Å². The molecule has 152 valence electrons. The molecule has 7 heteroatoms. The summed E-state index contributed by atoms with van der Waals surface area (Å²) in [4.78, 5) is 38.5. The minimum atomic E-state index is -0.571. The molecule has 6 nitrogen and oxygen atoms in total. The number of amides is 2. The SMILES string of the molecule is Cc1cc(Cl)ccc1NC(=O)COC(=O)[C@H]1CC(=O)N([C@H](C)c2ccccc2)C1. The number of ether oxygens (including phenoxy) is 1. The number of benzene rings is 2. The summed E-state index contributed by atoms with van der Waals surface area (Å²) in [5.41, 5.74) is 2.42. The van der Waals surface area contributed by atoms with E-state index in [0.29, 0.717) is 10.7 Å². The molecule has 1 saturated heterocycles. The molecule has 1 aliphatic rings. The Hall–Kier alpha value is -2.86. The number of nitrogens with zero attached hydrogens (tertiary/aromatic N) is 1. The highest BCUT2D eigenvalue weighted by atomic mass is 35.5. The number of hydrogen-bond acceptors (Lipinski definition) is 4. The molecular weight excluding hydrogens is 392 g/mol. The molecule has 1 fully saturated rings. The van der Waals surface area contributed by atoms with Gasteiger partial charge >= 0.3 is 5.97 Å². The third kappa shape index (κ3) is 5.15. The molecule has 29 heavy (non-hydrogen) atoms. The minimum absolute atomic E-state index is 0.0912. The van der Waals surface area contributed by atoms with Crippen molar-refractivity contribution in [3.8, 4) is 0 Å². The van der Waals surface area contributed by atoms with E-state index < -0.39 is 24.4 Å². The lowest BCUT2D eigenvalue weighted by Crippen LogP contribution is -2.30. The van der Waals surface area contributed by atoms with E-state index in [1.54, 1.807) is 23.1 Å². The molecule has 2 atom stereocenters. The van der Waals surface area contributed by atoms with E-state index in [4.69, 9.17) is 16.3 Å². The molecule has 3 rings (SSSR count). The lowest BCUT2D eigenvalue weighted by Gasteiger charge is -2.25. The Morgan fingerprint density at radius 3 is 2.66 bits per heavy atom. The second kappa shape index (κ2) is 9.09. The first kappa shape index (κ1) is 20.9. The van der Waals surface area contributed by atoms with Crippen molar-refractivity contribution in [2.45, 2.75) is 26.3 Å². The van der Waals surface area contributed by atoms with Crippen LogP contribution in [0.4, 0.5) is 5.69 Å². The summed E-state index contributed by atoms with van der Waals surface area (Å²) >= 11 is 5.90. The molecule has 1 aliphatic heterocycles. The van der Waals surface area contributed by atoms with Gasteiger partial charge in [0, 0.05) is 23.7 Å². The zero-order valence-corrected chi connectivity index (χ0v) is 17.1. The van der Waals surface area contributed by atoms with Gasteiger partial charge < -0.3 is 15.0 Å². The molecule has 0 spiro atoms. The average Bonchev–Trinajstić information content (AvgIpc) is 3.10. The van der Waals surface area contributed by atoms with Gasteiger partial charge in [-0.1, -0.05) is 41.9 Å². The number of halogens is 1. The minimum Gasteiger partial charge on any atom is -0.455 e. The highest BCUT2D eigenvalue weighted by Gasteiger charge is 2.38. The number of carbonyl (C=O) groups is 3. The number of aryl methyl sites for hydroxylation is 1. The summed E-state index contributed by atoms with van der Waals surface area (Å²) in [6, 6.07) is 14.6. The van der Waals surface area contributed by atoms with Gasteiger partial charge in [-0.3, -0.25) is 14.4 Å². The molecule has 0 aliphatic carbocycles. The van der Waals surface area contributed by atoms with Crippen LogP contribution in [0.1, 0.15) is 30.5 Å². The van der Waals surface area contributed by atoms with Crippen molar-refractivity contribution in [2.24, 2.45) is 5.92 Å². The lowest BCUT2D eigenvalue weighted by molar-refractivity contribution is -0.151. The van der Waals surface area contributed by atoms with Crippen molar-refractivity contribution in [1.29, 1.82) is 0 Å². The topological polar surface area (TPSA) is 75.7 Å². The summed E-state index contributed by atoms with van der Waals surface area (Å²) < 4.78 is 5.15. The average molecular weight is 415 g/mol. The van der Waals surface area contributed by atoms with Crippen LogP contribution in [0, 0.1) is 12.8 Å². The quantitative estimate of drug-likeness (QED) is 0.730. The number of anilines is 1. The predicted molar refractivity (Wildman–Crippen MR) is 110 cm³/mol. The fourth-order valence-corrected chi connectivity index (χ4v) is 3.61. The van der Waals surface area contributed by atoms with Crippen LogP contribution in [-0.4, -0.2) is 35.8 Å². The Morgan fingerprint density at radius 1 is 1.24 bits per heavy atom. The maximum absolute atomic E-state index is 12.4. The number of hydrogen-bond donors (Lipinski definition) is 1. The molecule has 2 amide bonds. The monoisotopic (exact) mass is 414 g/mol. The Labute approximate surface area is 174 Å². The second-order valence-corrected chi connectivity index (χ2v) is 7.59. The molecule has 2 aromatic carbocycles. The highest BCUT2D eigenvalue weighted by Crippen LogP contribution is 2.29. The third-order valence-electron chi connectivity index (χ3n) is 5.05. The number of likely N-dealkylation sites (tertiary alicyclic amines) is 1. The second-order valence-electron chi connectivity index (χ2n) is 7.15. The summed E-state index contributed by atoms with van der Waals surface area (Å²) in [6.07, 6.45) is 0.0912. The molecule has 2 aromatic rings. The summed E-state index contributed by atoms with van der Waals surface area (Å²) in [5.74, 6) is -1.64. The number of nitrogens with one attached hydrogen (secondary N) is 1. The van der Waals surface area contributed by atoms with Gasteiger partial charge in [-0.05, 0) is 43.2 Å². The molecule has 0 aromatic heterocycles. The van der Waals surface area contributed by atoms with Gasteiger partial charge in [0.2, 0.25) is 5.91 Å². The van der Waals surface area contributed by atoms with Gasteiger partial charge in [0.05, 0.1) is 12.0 Å². The van der Waals surface area contributed by atoms with E-state index in [0.717, 1.165) is 11.1 Å². The number of esters is 1. The van der Waals surface area contributed by atoms with Gasteiger partial charge in [-0.25, -0.2) is 0 Å². The Bertz CT molecular complexity index is 916. The fraction of sp³-hybridized carbons (Fsp3) is 0.318. The Balaban J connectivity index is 1.52. The lowest BCUT2D eigenvalue weighted by atomic mass is 10.1. The van der Waals surface area contributed by atoms with Crippen LogP contribution < -0.4 is 5.32 Å². The van der Waals surface area contributed by atoms with Crippen LogP contribution in [0.5, 0.6) is 0 Å². The molecule has 1 N–H and O–H groups in total. The van der Waals surface area contributed by atoms with Crippen LogP contribution in [0.2, 0.25) is 5.02 Å². The summed E-state index contributed by atoms with van der Waals surface area (Å²) in [5, 5.41) is 3.26. The first-order chi connectivity index (χ1) is 13.8. The largest absolute Gasteiger partial charge is 0.455 e. The zero-order chi connectivity index (χ0) is 21.0. The Morgan fingerprint density at radius 2 is 1.97 bits per heavy atom. The van der Waals surface area contributed by atoms with Crippen molar-refractivity contribution in [2.75, 3.05) is 18.5 Å². The van der Waals surface area contributed by atoms with E-state index in [9.17, 15) is 14.4 Å². The third-order valence-corrected chi connectivity index (χ3v) is 5.28. The Kier molecular flexibility index (Phi) is 6.54. The number of carbonyl (C=O) groups excluding carboxylic acids is 3.